The highest BCUT2D eigenvalue weighted by atomic mass is 16.1. The Kier molecular flexibility index (Phi) is 4.65. The predicted molar refractivity (Wildman–Crippen MR) is 78.5 cm³/mol. The monoisotopic (exact) mass is 270 g/mol. The predicted octanol–water partition coefficient (Wildman–Crippen LogP) is 2.40. The van der Waals surface area contributed by atoms with E-state index in [0.29, 0.717) is 12.2 Å². The quantitative estimate of drug-likeness (QED) is 0.875. The summed E-state index contributed by atoms with van der Waals surface area (Å²) in [6, 6.07) is 7.61. The van der Waals surface area contributed by atoms with Gasteiger partial charge in [-0.05, 0) is 37.6 Å². The Morgan fingerprint density at radius 3 is 2.90 bits per heavy atom. The van der Waals surface area contributed by atoms with Crippen LogP contribution >= 0.6 is 0 Å². The normalized spacial score (nSPS) is 11.7. The van der Waals surface area contributed by atoms with Crippen molar-refractivity contribution >= 4 is 11.6 Å². The van der Waals surface area contributed by atoms with E-state index in [4.69, 9.17) is 0 Å². The second-order valence-electron chi connectivity index (χ2n) is 4.44. The molecule has 0 spiro atoms. The Hall–Kier alpha value is -2.43. The summed E-state index contributed by atoms with van der Waals surface area (Å²) in [6.45, 7) is 4.51. The van der Waals surface area contributed by atoms with Crippen LogP contribution in [0.15, 0.2) is 42.9 Å². The maximum Gasteiger partial charge on any atom is 0.269 e. The molecule has 0 saturated carbocycles. The number of hydrogen-bond acceptors (Lipinski definition) is 4. The lowest BCUT2D eigenvalue weighted by molar-refractivity contribution is 0.0951. The summed E-state index contributed by atoms with van der Waals surface area (Å²) in [5, 5.41) is 6.07. The van der Waals surface area contributed by atoms with Crippen molar-refractivity contribution in [2.24, 2.45) is 0 Å². The number of nitrogens with one attached hydrogen (secondary N) is 2. The smallest absolute Gasteiger partial charge is 0.269 e. The van der Waals surface area contributed by atoms with Crippen molar-refractivity contribution in [3.05, 3.63) is 54.1 Å². The SMILES string of the molecule is CCNC(=O)c1cc(NC(C)c2cccnc2)ccn1. The number of aromatic nitrogens is 2. The van der Waals surface area contributed by atoms with Crippen LogP contribution < -0.4 is 10.6 Å². The number of pyridine rings is 2. The van der Waals surface area contributed by atoms with Crippen LogP contribution in [-0.2, 0) is 0 Å². The zero-order valence-corrected chi connectivity index (χ0v) is 11.6. The summed E-state index contributed by atoms with van der Waals surface area (Å²) in [5.41, 5.74) is 2.36. The van der Waals surface area contributed by atoms with Crippen LogP contribution in [0.25, 0.3) is 0 Å². The molecule has 104 valence electrons. The lowest BCUT2D eigenvalue weighted by Crippen LogP contribution is -2.23. The Morgan fingerprint density at radius 2 is 2.20 bits per heavy atom. The Labute approximate surface area is 118 Å². The first kappa shape index (κ1) is 14.0. The first-order valence-corrected chi connectivity index (χ1v) is 6.61. The molecular weight excluding hydrogens is 252 g/mol. The molecule has 5 heteroatoms. The van der Waals surface area contributed by atoms with Crippen LogP contribution in [-0.4, -0.2) is 22.4 Å². The van der Waals surface area contributed by atoms with Crippen molar-refractivity contribution < 1.29 is 4.79 Å². The van der Waals surface area contributed by atoms with Crippen LogP contribution in [0.5, 0.6) is 0 Å². The molecule has 0 bridgehead atoms. The third kappa shape index (κ3) is 3.54. The minimum atomic E-state index is -0.162. The maximum atomic E-state index is 11.7. The van der Waals surface area contributed by atoms with Crippen molar-refractivity contribution in [1.29, 1.82) is 0 Å². The van der Waals surface area contributed by atoms with Crippen molar-refractivity contribution in [1.82, 2.24) is 15.3 Å². The van der Waals surface area contributed by atoms with Gasteiger partial charge in [0.05, 0.1) is 6.04 Å². The van der Waals surface area contributed by atoms with Gasteiger partial charge in [-0.3, -0.25) is 14.8 Å². The molecule has 2 rings (SSSR count). The first-order valence-electron chi connectivity index (χ1n) is 6.61. The number of rotatable bonds is 5. The molecule has 2 heterocycles. The topological polar surface area (TPSA) is 66.9 Å². The van der Waals surface area contributed by atoms with E-state index in [9.17, 15) is 4.79 Å². The van der Waals surface area contributed by atoms with Crippen molar-refractivity contribution in [2.75, 3.05) is 11.9 Å². The van der Waals surface area contributed by atoms with Gasteiger partial charge in [-0.2, -0.15) is 0 Å². The fraction of sp³-hybridized carbons (Fsp3) is 0.267. The molecule has 2 aromatic rings. The van der Waals surface area contributed by atoms with Crippen LogP contribution in [0.4, 0.5) is 5.69 Å². The third-order valence-corrected chi connectivity index (χ3v) is 2.90. The molecule has 1 amide bonds. The van der Waals surface area contributed by atoms with Gasteiger partial charge < -0.3 is 10.6 Å². The molecule has 5 nitrogen and oxygen atoms in total. The van der Waals surface area contributed by atoms with Gasteiger partial charge in [-0.15, -0.1) is 0 Å². The summed E-state index contributed by atoms with van der Waals surface area (Å²) >= 11 is 0. The molecule has 0 saturated heterocycles. The Balaban J connectivity index is 2.10. The average Bonchev–Trinajstić information content (AvgIpc) is 2.48. The van der Waals surface area contributed by atoms with Gasteiger partial charge in [-0.1, -0.05) is 6.07 Å². The highest BCUT2D eigenvalue weighted by Crippen LogP contribution is 2.18. The van der Waals surface area contributed by atoms with E-state index in [0.717, 1.165) is 11.3 Å². The van der Waals surface area contributed by atoms with Gasteiger partial charge in [0.15, 0.2) is 0 Å². The molecule has 0 aliphatic heterocycles. The molecular formula is C15H18N4O. The van der Waals surface area contributed by atoms with Crippen LogP contribution in [0, 0.1) is 0 Å². The number of hydrogen-bond donors (Lipinski definition) is 2. The van der Waals surface area contributed by atoms with E-state index < -0.39 is 0 Å². The minimum Gasteiger partial charge on any atom is -0.378 e. The summed E-state index contributed by atoms with van der Waals surface area (Å²) in [6.07, 6.45) is 5.20. The molecule has 0 fully saturated rings. The number of carbonyl (C=O) groups is 1. The number of nitrogens with zero attached hydrogens (tertiary/aromatic N) is 2. The standard InChI is InChI=1S/C15H18N4O/c1-3-17-15(20)14-9-13(6-8-18-14)19-11(2)12-5-4-7-16-10-12/h4-11H,3H2,1-2H3,(H,17,20)(H,18,19). The molecule has 2 aromatic heterocycles. The van der Waals surface area contributed by atoms with Gasteiger partial charge in [0.1, 0.15) is 5.69 Å². The Bertz CT molecular complexity index is 571. The molecule has 2 N–H and O–H groups in total. The highest BCUT2D eigenvalue weighted by Gasteiger charge is 2.09. The van der Waals surface area contributed by atoms with E-state index in [1.54, 1.807) is 18.5 Å². The minimum absolute atomic E-state index is 0.105. The molecule has 0 aromatic carbocycles. The lowest BCUT2D eigenvalue weighted by Gasteiger charge is -2.15. The fourth-order valence-electron chi connectivity index (χ4n) is 1.86. The van der Waals surface area contributed by atoms with Crippen LogP contribution in [0.3, 0.4) is 0 Å². The highest BCUT2D eigenvalue weighted by molar-refractivity contribution is 5.93. The second kappa shape index (κ2) is 6.65. The Morgan fingerprint density at radius 1 is 1.35 bits per heavy atom. The van der Waals surface area contributed by atoms with Gasteiger partial charge >= 0.3 is 0 Å². The van der Waals surface area contributed by atoms with Gasteiger partial charge in [-0.25, -0.2) is 0 Å². The van der Waals surface area contributed by atoms with Crippen molar-refractivity contribution in [2.45, 2.75) is 19.9 Å². The molecule has 20 heavy (non-hydrogen) atoms. The van der Waals surface area contributed by atoms with Crippen LogP contribution in [0.2, 0.25) is 0 Å². The number of anilines is 1. The number of amides is 1. The zero-order valence-electron chi connectivity index (χ0n) is 11.6. The van der Waals surface area contributed by atoms with E-state index in [2.05, 4.69) is 20.6 Å². The maximum absolute atomic E-state index is 11.7. The van der Waals surface area contributed by atoms with E-state index in [1.807, 2.05) is 38.2 Å². The summed E-state index contributed by atoms with van der Waals surface area (Å²) in [4.78, 5) is 19.9. The van der Waals surface area contributed by atoms with E-state index in [-0.39, 0.29) is 11.9 Å². The first-order chi connectivity index (χ1) is 9.70. The van der Waals surface area contributed by atoms with Crippen LogP contribution in [0.1, 0.15) is 35.9 Å². The van der Waals surface area contributed by atoms with E-state index in [1.165, 1.54) is 0 Å². The molecule has 0 aliphatic carbocycles. The fourth-order valence-corrected chi connectivity index (χ4v) is 1.86. The summed E-state index contributed by atoms with van der Waals surface area (Å²) < 4.78 is 0. The summed E-state index contributed by atoms with van der Waals surface area (Å²) in [5.74, 6) is -0.162. The summed E-state index contributed by atoms with van der Waals surface area (Å²) in [7, 11) is 0. The van der Waals surface area contributed by atoms with Gasteiger partial charge in [0, 0.05) is 30.8 Å². The lowest BCUT2D eigenvalue weighted by atomic mass is 10.1. The van der Waals surface area contributed by atoms with Crippen molar-refractivity contribution in [3.8, 4) is 0 Å². The zero-order chi connectivity index (χ0) is 14.4. The van der Waals surface area contributed by atoms with E-state index >= 15 is 0 Å². The third-order valence-electron chi connectivity index (χ3n) is 2.90. The number of carbonyl (C=O) groups excluding carboxylic acids is 1. The largest absolute Gasteiger partial charge is 0.378 e. The average molecular weight is 270 g/mol. The molecule has 1 unspecified atom stereocenters. The molecule has 0 radical (unpaired) electrons. The van der Waals surface area contributed by atoms with Gasteiger partial charge in [0.2, 0.25) is 0 Å². The molecule has 1 atom stereocenters. The second-order valence-corrected chi connectivity index (χ2v) is 4.44. The van der Waals surface area contributed by atoms with Gasteiger partial charge in [0.25, 0.3) is 5.91 Å². The molecule has 0 aliphatic rings. The van der Waals surface area contributed by atoms with Crippen molar-refractivity contribution in [3.63, 3.8) is 0 Å².